The summed E-state index contributed by atoms with van der Waals surface area (Å²) in [4.78, 5) is 29.2. The summed E-state index contributed by atoms with van der Waals surface area (Å²) in [5.74, 6) is -0.573. The van der Waals surface area contributed by atoms with Gasteiger partial charge in [0.25, 0.3) is 5.91 Å². The Labute approximate surface area is 222 Å². The summed E-state index contributed by atoms with van der Waals surface area (Å²) < 4.78 is 0. The number of likely N-dealkylation sites (N-methyl/N-ethyl adjacent to an activating group) is 3. The molecule has 1 unspecified atom stereocenters. The van der Waals surface area contributed by atoms with Gasteiger partial charge in [0, 0.05) is 66.7 Å². The summed E-state index contributed by atoms with van der Waals surface area (Å²) >= 11 is 1.51. The molecule has 0 saturated carbocycles. The van der Waals surface area contributed by atoms with Crippen molar-refractivity contribution in [3.8, 4) is 6.07 Å². The van der Waals surface area contributed by atoms with E-state index in [0.717, 1.165) is 25.4 Å². The van der Waals surface area contributed by atoms with Gasteiger partial charge in [-0.25, -0.2) is 4.79 Å². The van der Waals surface area contributed by atoms with Crippen LogP contribution in [-0.4, -0.2) is 67.0 Å². The van der Waals surface area contributed by atoms with E-state index in [0.29, 0.717) is 12.1 Å². The van der Waals surface area contributed by atoms with E-state index in [9.17, 15) is 20.0 Å². The van der Waals surface area contributed by atoms with Crippen LogP contribution in [0.5, 0.6) is 0 Å². The van der Waals surface area contributed by atoms with E-state index >= 15 is 0 Å². The van der Waals surface area contributed by atoms with E-state index in [1.165, 1.54) is 31.9 Å². The van der Waals surface area contributed by atoms with E-state index in [2.05, 4.69) is 12.6 Å². The summed E-state index contributed by atoms with van der Waals surface area (Å²) in [6, 6.07) is 1.62. The topological polar surface area (TPSA) is 87.9 Å². The molecule has 32 heavy (non-hydrogen) atoms. The van der Waals surface area contributed by atoms with Crippen molar-refractivity contribution >= 4 is 32.1 Å². The molecule has 10 heteroatoms. The number of amides is 3. The number of urea groups is 1. The molecule has 4 radical (unpaired) electrons. The fourth-order valence-corrected chi connectivity index (χ4v) is 4.07. The third-order valence-corrected chi connectivity index (χ3v) is 5.68. The number of carbonyl (C=O) groups is 2. The average molecular weight is 527 g/mol. The van der Waals surface area contributed by atoms with Crippen LogP contribution in [0, 0.1) is 18.8 Å². The zero-order chi connectivity index (χ0) is 21.7. The van der Waals surface area contributed by atoms with E-state index in [4.69, 9.17) is 0 Å². The fourth-order valence-electron chi connectivity index (χ4n) is 2.94. The molecule has 0 aromatic heterocycles. The Hall–Kier alpha value is -1.85. The van der Waals surface area contributed by atoms with Gasteiger partial charge in [-0.1, -0.05) is 36.6 Å². The van der Waals surface area contributed by atoms with Gasteiger partial charge in [-0.05, 0) is 32.1 Å². The molecule has 0 aliphatic carbocycles. The zero-order valence-electron chi connectivity index (χ0n) is 19.1. The minimum Gasteiger partial charge on any atom is -0.369 e. The van der Waals surface area contributed by atoms with Crippen LogP contribution in [0.4, 0.5) is 4.79 Å². The minimum atomic E-state index is -1.33. The molecule has 2 heterocycles. The van der Waals surface area contributed by atoms with E-state index in [1.807, 2.05) is 30.9 Å². The number of thioether (sulfide) groups is 1. The number of aliphatic hydroxyl groups excluding tert-OH is 1. The molecule has 0 aromatic rings. The molecule has 1 fully saturated rings. The quantitative estimate of drug-likeness (QED) is 0.195. The summed E-state index contributed by atoms with van der Waals surface area (Å²) in [7, 11) is 2.77. The number of carbonyl (C=O) groups excluding carboxylic acids is 2. The molecule has 2 aliphatic rings. The smallest absolute Gasteiger partial charge is 0.328 e. The average Bonchev–Trinajstić information content (AvgIpc) is 3.03. The fraction of sp³-hybridized carbons (Fsp3) is 0.273. The van der Waals surface area contributed by atoms with Gasteiger partial charge in [0.2, 0.25) is 0 Å². The van der Waals surface area contributed by atoms with Crippen LogP contribution >= 0.6 is 11.8 Å². The van der Waals surface area contributed by atoms with Crippen LogP contribution in [0.3, 0.4) is 0 Å². The maximum atomic E-state index is 12.3. The van der Waals surface area contributed by atoms with Gasteiger partial charge < -0.3 is 17.4 Å². The number of nitriles is 1. The van der Waals surface area contributed by atoms with Crippen molar-refractivity contribution in [2.24, 2.45) is 0 Å². The molecule has 0 bridgehead atoms. The van der Waals surface area contributed by atoms with Crippen molar-refractivity contribution in [1.82, 2.24) is 14.7 Å². The Kier molecular flexibility index (Phi) is 14.5. The first-order valence-electron chi connectivity index (χ1n) is 8.99. The number of hydrogen-bond acceptors (Lipinski definition) is 6. The van der Waals surface area contributed by atoms with Crippen molar-refractivity contribution in [3.63, 3.8) is 0 Å². The summed E-state index contributed by atoms with van der Waals surface area (Å²) in [6.07, 6.45) is 8.74. The summed E-state index contributed by atoms with van der Waals surface area (Å²) in [5, 5.41) is 20.7. The molecule has 0 aromatic carbocycles. The van der Waals surface area contributed by atoms with Crippen molar-refractivity contribution in [1.29, 1.82) is 5.26 Å². The maximum Gasteiger partial charge on any atom is 0.328 e. The Bertz CT molecular complexity index is 934. The Morgan fingerprint density at radius 2 is 1.94 bits per heavy atom. The first-order valence-corrected chi connectivity index (χ1v) is 9.81. The van der Waals surface area contributed by atoms with Gasteiger partial charge in [0.15, 0.2) is 6.23 Å². The Balaban J connectivity index is 0. The van der Waals surface area contributed by atoms with Crippen LogP contribution in [0.15, 0.2) is 69.8 Å². The predicted octanol–water partition coefficient (Wildman–Crippen LogP) is 3.16. The largest absolute Gasteiger partial charge is 0.369 e. The zero-order valence-corrected chi connectivity index (χ0v) is 22.7. The Morgan fingerprint density at radius 1 is 1.31 bits per heavy atom. The normalized spacial score (nSPS) is 21.6. The summed E-state index contributed by atoms with van der Waals surface area (Å²) in [5.41, 5.74) is 1.50. The second-order valence-electron chi connectivity index (χ2n) is 6.33. The van der Waals surface area contributed by atoms with Crippen molar-refractivity contribution in [2.75, 3.05) is 20.6 Å². The molecule has 3 amide bonds. The standard InChI is InChI=1S/C21H24N4O3S.CH3.B.Y/c1-6-8-12-17-14(3)29-20(25(17)7-2)15(13-22)10-9-11-16-18(26)23(4)21(28)24(5)19(16)27;;;/h6,8-12,18,26H,1,7H2,2-5H3;1H3;;/q;-1;;/b10-9+,12-8-,16-11-,20-15+;;;. The third-order valence-electron chi connectivity index (χ3n) is 4.53. The van der Waals surface area contributed by atoms with Gasteiger partial charge in [0.1, 0.15) is 6.07 Å². The molecule has 1 atom stereocenters. The van der Waals surface area contributed by atoms with Gasteiger partial charge in [-0.3, -0.25) is 14.6 Å². The molecule has 2 aliphatic heterocycles. The molecular weight excluding hydrogens is 500 g/mol. The van der Waals surface area contributed by atoms with Crippen molar-refractivity contribution < 1.29 is 47.4 Å². The number of aliphatic hydroxyl groups is 1. The molecule has 2 rings (SSSR count). The van der Waals surface area contributed by atoms with E-state index in [-0.39, 0.29) is 54.1 Å². The van der Waals surface area contributed by atoms with Gasteiger partial charge in [0.05, 0.1) is 21.9 Å². The second kappa shape index (κ2) is 14.3. The van der Waals surface area contributed by atoms with Gasteiger partial charge in [-0.15, -0.1) is 0 Å². The van der Waals surface area contributed by atoms with E-state index < -0.39 is 18.2 Å². The molecule has 0 spiro atoms. The SMILES string of the molecule is C=C/C=C\C1=C(C)S\C(=C(C#N)/C=C/C=C2\C(=O)N(C)C(=O)N(C)C2O)N1CC.[B].[CH3-].[Y]. The molecule has 1 saturated heterocycles. The number of rotatable bonds is 5. The number of allylic oxidation sites excluding steroid dienone is 8. The van der Waals surface area contributed by atoms with Crippen LogP contribution in [0.25, 0.3) is 0 Å². The number of nitrogens with zero attached hydrogens (tertiary/aromatic N) is 4. The molecule has 1 N–H and O–H groups in total. The first-order chi connectivity index (χ1) is 13.8. The molecule has 7 nitrogen and oxygen atoms in total. The maximum absolute atomic E-state index is 12.3. The van der Waals surface area contributed by atoms with Crippen LogP contribution in [0.1, 0.15) is 13.8 Å². The van der Waals surface area contributed by atoms with Crippen molar-refractivity contribution in [2.45, 2.75) is 20.1 Å². The monoisotopic (exact) mass is 527 g/mol. The van der Waals surface area contributed by atoms with Gasteiger partial charge in [-0.2, -0.15) is 5.26 Å². The number of imide groups is 1. The minimum absolute atomic E-state index is 0. The third kappa shape index (κ3) is 6.58. The first kappa shape index (κ1) is 32.3. The van der Waals surface area contributed by atoms with Gasteiger partial charge >= 0.3 is 6.03 Å². The second-order valence-corrected chi connectivity index (χ2v) is 7.53. The van der Waals surface area contributed by atoms with Crippen LogP contribution < -0.4 is 0 Å². The van der Waals surface area contributed by atoms with Crippen LogP contribution in [0.2, 0.25) is 0 Å². The Morgan fingerprint density at radius 3 is 2.47 bits per heavy atom. The molecular formula is C22H27BN4O3SY-. The number of hydrogen-bond donors (Lipinski definition) is 1. The van der Waals surface area contributed by atoms with Crippen molar-refractivity contribution in [3.05, 3.63) is 77.2 Å². The van der Waals surface area contributed by atoms with Crippen LogP contribution in [-0.2, 0) is 37.5 Å². The summed E-state index contributed by atoms with van der Waals surface area (Å²) in [6.45, 7) is 8.36. The predicted molar refractivity (Wildman–Crippen MR) is 126 cm³/mol. The van der Waals surface area contributed by atoms with E-state index in [1.54, 1.807) is 18.2 Å². The molecule has 166 valence electrons.